The van der Waals surface area contributed by atoms with Gasteiger partial charge in [0.25, 0.3) is 10.0 Å². The molecule has 0 saturated heterocycles. The van der Waals surface area contributed by atoms with Crippen LogP contribution in [-0.4, -0.2) is 23.2 Å². The molecule has 6 nitrogen and oxygen atoms in total. The summed E-state index contributed by atoms with van der Waals surface area (Å²) in [6, 6.07) is 6.20. The summed E-state index contributed by atoms with van der Waals surface area (Å²) in [4.78, 5) is 5.24. The molecule has 0 spiro atoms. The largest absolute Gasteiger partial charge is 0.267 e. The Labute approximate surface area is 168 Å². The van der Waals surface area contributed by atoms with Gasteiger partial charge in [-0.15, -0.1) is 11.3 Å². The lowest BCUT2D eigenvalue weighted by atomic mass is 10.1. The number of nitrogens with zero attached hydrogens (tertiary/aromatic N) is 3. The molecule has 0 aliphatic carbocycles. The second kappa shape index (κ2) is 7.29. The Kier molecular flexibility index (Phi) is 5.33. The molecule has 0 fully saturated rings. The zero-order valence-corrected chi connectivity index (χ0v) is 18.1. The Bertz CT molecular complexity index is 1090. The van der Waals surface area contributed by atoms with Crippen molar-refractivity contribution < 1.29 is 12.8 Å². The van der Waals surface area contributed by atoms with Crippen molar-refractivity contribution in [2.75, 3.05) is 4.72 Å². The average molecular weight is 423 g/mol. The molecule has 0 saturated carbocycles. The van der Waals surface area contributed by atoms with E-state index in [1.54, 1.807) is 36.9 Å². The van der Waals surface area contributed by atoms with E-state index in [-0.39, 0.29) is 16.3 Å². The van der Waals surface area contributed by atoms with Crippen molar-refractivity contribution in [3.05, 3.63) is 58.1 Å². The van der Waals surface area contributed by atoms with Crippen LogP contribution in [0.25, 0.3) is 0 Å². The van der Waals surface area contributed by atoms with Crippen LogP contribution in [0.4, 0.5) is 9.52 Å². The minimum atomic E-state index is -3.81. The van der Waals surface area contributed by atoms with E-state index >= 15 is 0 Å². The lowest BCUT2D eigenvalue weighted by Crippen LogP contribution is -2.25. The first kappa shape index (κ1) is 20.5. The summed E-state index contributed by atoms with van der Waals surface area (Å²) in [6.07, 6.45) is 2.18. The number of rotatable bonds is 5. The lowest BCUT2D eigenvalue weighted by Gasteiger charge is -2.21. The van der Waals surface area contributed by atoms with Gasteiger partial charge in [-0.25, -0.2) is 17.8 Å². The lowest BCUT2D eigenvalue weighted by molar-refractivity contribution is 0.345. The van der Waals surface area contributed by atoms with Crippen molar-refractivity contribution in [2.24, 2.45) is 0 Å². The molecule has 0 atom stereocenters. The first-order valence-corrected chi connectivity index (χ1v) is 11.1. The van der Waals surface area contributed by atoms with Gasteiger partial charge in [0.05, 0.1) is 16.9 Å². The van der Waals surface area contributed by atoms with Crippen LogP contribution in [-0.2, 0) is 22.0 Å². The van der Waals surface area contributed by atoms with Gasteiger partial charge in [0.2, 0.25) is 0 Å². The fourth-order valence-corrected chi connectivity index (χ4v) is 5.56. The highest BCUT2D eigenvalue weighted by Gasteiger charge is 2.29. The minimum absolute atomic E-state index is 0.178. The Balaban J connectivity index is 1.83. The molecule has 150 valence electrons. The molecule has 0 aliphatic heterocycles. The highest BCUT2D eigenvalue weighted by Crippen LogP contribution is 2.28. The standard InChI is InChI=1S/C19H23FN4O2S2/c1-12-17(13(2)24(22-12)19(3,4)5)28(25,26)23-18-21-11-16(27-18)10-14-6-8-15(20)9-7-14/h6-9,11H,10H2,1-5H3,(H,21,23). The van der Waals surface area contributed by atoms with Crippen molar-refractivity contribution >= 4 is 26.5 Å². The van der Waals surface area contributed by atoms with Crippen molar-refractivity contribution in [3.8, 4) is 0 Å². The summed E-state index contributed by atoms with van der Waals surface area (Å²) in [5.74, 6) is -0.289. The molecule has 3 rings (SSSR count). The second-order valence-corrected chi connectivity index (χ2v) is 10.4. The topological polar surface area (TPSA) is 76.9 Å². The number of hydrogen-bond acceptors (Lipinski definition) is 5. The maximum absolute atomic E-state index is 13.0. The molecule has 1 N–H and O–H groups in total. The first-order valence-electron chi connectivity index (χ1n) is 8.76. The number of nitrogens with one attached hydrogen (secondary N) is 1. The summed E-state index contributed by atoms with van der Waals surface area (Å²) >= 11 is 1.26. The summed E-state index contributed by atoms with van der Waals surface area (Å²) < 4.78 is 43.2. The number of aromatic nitrogens is 3. The fraction of sp³-hybridized carbons (Fsp3) is 0.368. The minimum Gasteiger partial charge on any atom is -0.263 e. The van der Waals surface area contributed by atoms with E-state index in [2.05, 4.69) is 14.8 Å². The van der Waals surface area contributed by atoms with E-state index < -0.39 is 10.0 Å². The van der Waals surface area contributed by atoms with E-state index in [1.165, 1.54) is 23.5 Å². The van der Waals surface area contributed by atoms with Gasteiger partial charge in [0, 0.05) is 17.5 Å². The van der Waals surface area contributed by atoms with Crippen LogP contribution in [0.1, 0.15) is 42.6 Å². The van der Waals surface area contributed by atoms with Gasteiger partial charge in [-0.2, -0.15) is 5.10 Å². The molecule has 3 aromatic rings. The van der Waals surface area contributed by atoms with Crippen LogP contribution >= 0.6 is 11.3 Å². The van der Waals surface area contributed by atoms with Crippen molar-refractivity contribution in [3.63, 3.8) is 0 Å². The number of benzene rings is 1. The SMILES string of the molecule is Cc1nn(C(C)(C)C)c(C)c1S(=O)(=O)Nc1ncc(Cc2ccc(F)cc2)s1. The average Bonchev–Trinajstić information content (AvgIpc) is 3.12. The van der Waals surface area contributed by atoms with Crippen LogP contribution in [0.5, 0.6) is 0 Å². The molecule has 0 amide bonds. The Morgan fingerprint density at radius 1 is 1.18 bits per heavy atom. The zero-order chi connectivity index (χ0) is 20.7. The number of hydrogen-bond donors (Lipinski definition) is 1. The van der Waals surface area contributed by atoms with Crippen LogP contribution in [0.2, 0.25) is 0 Å². The fourth-order valence-electron chi connectivity index (χ4n) is 3.08. The van der Waals surface area contributed by atoms with Gasteiger partial charge < -0.3 is 0 Å². The summed E-state index contributed by atoms with van der Waals surface area (Å²) in [7, 11) is -3.81. The quantitative estimate of drug-likeness (QED) is 0.667. The molecule has 0 aliphatic rings. The Morgan fingerprint density at radius 3 is 2.39 bits per heavy atom. The molecular weight excluding hydrogens is 399 g/mol. The predicted octanol–water partition coefficient (Wildman–Crippen LogP) is 4.24. The van der Waals surface area contributed by atoms with E-state index in [4.69, 9.17) is 0 Å². The normalized spacial score (nSPS) is 12.4. The molecule has 0 bridgehead atoms. The molecule has 9 heteroatoms. The van der Waals surface area contributed by atoms with Gasteiger partial charge in [-0.3, -0.25) is 9.40 Å². The molecule has 0 radical (unpaired) electrons. The number of aryl methyl sites for hydroxylation is 1. The highest BCUT2D eigenvalue weighted by atomic mass is 32.2. The zero-order valence-electron chi connectivity index (χ0n) is 16.4. The van der Waals surface area contributed by atoms with Crippen LogP contribution in [0, 0.1) is 19.7 Å². The summed E-state index contributed by atoms with van der Waals surface area (Å²) in [6.45, 7) is 9.35. The van der Waals surface area contributed by atoms with Gasteiger partial charge in [-0.05, 0) is 52.3 Å². The maximum Gasteiger partial charge on any atom is 0.267 e. The monoisotopic (exact) mass is 422 g/mol. The van der Waals surface area contributed by atoms with Gasteiger partial charge >= 0.3 is 0 Å². The third kappa shape index (κ3) is 4.25. The van der Waals surface area contributed by atoms with E-state index in [0.29, 0.717) is 22.9 Å². The predicted molar refractivity (Wildman–Crippen MR) is 109 cm³/mol. The van der Waals surface area contributed by atoms with Crippen LogP contribution < -0.4 is 4.72 Å². The molecule has 0 unspecified atom stereocenters. The van der Waals surface area contributed by atoms with Crippen molar-refractivity contribution in [1.29, 1.82) is 0 Å². The van der Waals surface area contributed by atoms with E-state index in [1.807, 2.05) is 20.8 Å². The highest BCUT2D eigenvalue weighted by molar-refractivity contribution is 7.93. The molecule has 28 heavy (non-hydrogen) atoms. The summed E-state index contributed by atoms with van der Waals surface area (Å²) in [5.41, 5.74) is 1.63. The maximum atomic E-state index is 13.0. The first-order chi connectivity index (χ1) is 13.0. The molecule has 2 heterocycles. The third-order valence-corrected chi connectivity index (χ3v) is 6.83. The van der Waals surface area contributed by atoms with Gasteiger partial charge in [0.1, 0.15) is 10.7 Å². The number of halogens is 1. The van der Waals surface area contributed by atoms with Gasteiger partial charge in [0.15, 0.2) is 5.13 Å². The number of sulfonamides is 1. The van der Waals surface area contributed by atoms with E-state index in [9.17, 15) is 12.8 Å². The smallest absolute Gasteiger partial charge is 0.263 e. The van der Waals surface area contributed by atoms with Crippen LogP contribution in [0.15, 0.2) is 35.4 Å². The molecule has 1 aromatic carbocycles. The van der Waals surface area contributed by atoms with Crippen LogP contribution in [0.3, 0.4) is 0 Å². The number of anilines is 1. The number of thiazole rings is 1. The van der Waals surface area contributed by atoms with Crippen molar-refractivity contribution in [1.82, 2.24) is 14.8 Å². The van der Waals surface area contributed by atoms with E-state index in [0.717, 1.165) is 10.4 Å². The van der Waals surface area contributed by atoms with Crippen molar-refractivity contribution in [2.45, 2.75) is 51.5 Å². The van der Waals surface area contributed by atoms with Gasteiger partial charge in [-0.1, -0.05) is 12.1 Å². The Morgan fingerprint density at radius 2 is 1.82 bits per heavy atom. The Hall–Kier alpha value is -2.26. The molecular formula is C19H23FN4O2S2. The molecule has 2 aromatic heterocycles. The third-order valence-electron chi connectivity index (χ3n) is 4.20. The second-order valence-electron chi connectivity index (χ2n) is 7.62. The summed E-state index contributed by atoms with van der Waals surface area (Å²) in [5, 5.41) is 4.70.